The molecule has 9 aromatic carbocycles. The summed E-state index contributed by atoms with van der Waals surface area (Å²) in [6.07, 6.45) is 1.65. The zero-order valence-corrected chi connectivity index (χ0v) is 42.9. The van der Waals surface area contributed by atoms with Crippen molar-refractivity contribution in [2.75, 3.05) is 46.2 Å². The third-order valence-electron chi connectivity index (χ3n) is 15.4. The summed E-state index contributed by atoms with van der Waals surface area (Å²) in [5, 5.41) is 0. The second-order valence-corrected chi connectivity index (χ2v) is 20.5. The largest absolute Gasteiger partial charge is 0.491 e. The van der Waals surface area contributed by atoms with E-state index in [2.05, 4.69) is 231 Å². The third kappa shape index (κ3) is 10.4. The van der Waals surface area contributed by atoms with Crippen LogP contribution in [0.2, 0.25) is 0 Å². The van der Waals surface area contributed by atoms with Gasteiger partial charge in [0.2, 0.25) is 6.29 Å². The monoisotopic (exact) mass is 1020 g/mol. The summed E-state index contributed by atoms with van der Waals surface area (Å²) < 4.78 is 48.0. The predicted molar refractivity (Wildman–Crippen MR) is 299 cm³/mol. The van der Waals surface area contributed by atoms with Crippen molar-refractivity contribution in [1.29, 1.82) is 0 Å². The van der Waals surface area contributed by atoms with Crippen LogP contribution < -0.4 is 18.9 Å². The second-order valence-electron chi connectivity index (χ2n) is 20.5. The van der Waals surface area contributed by atoms with E-state index in [-0.39, 0.29) is 24.6 Å². The SMILES string of the molecule is c1ccc(-c2cc(C(Cc3ccc(C(c4ccccc4)(c4ccc(OCC5CO5)cc4)c4ccc(OC5CCO5)cc4)cc3)(c3ccccc3)c3ccc(OCC4CO4)c(-c4ccccc4)c3)ccc2OCC2CO2)cc1. The number of rotatable bonds is 22. The van der Waals surface area contributed by atoms with Gasteiger partial charge in [0.05, 0.1) is 31.8 Å². The molecule has 8 heteroatoms. The van der Waals surface area contributed by atoms with Gasteiger partial charge in [-0.05, 0) is 111 Å². The fraction of sp³-hybridized carbons (Fsp3) is 0.217. The van der Waals surface area contributed by atoms with Crippen molar-refractivity contribution in [3.05, 3.63) is 275 Å². The van der Waals surface area contributed by atoms with E-state index in [1.54, 1.807) is 0 Å². The molecule has 5 unspecified atom stereocenters. The number of hydrogen-bond acceptors (Lipinski definition) is 8. The van der Waals surface area contributed by atoms with Crippen molar-refractivity contribution in [3.63, 3.8) is 0 Å². The molecule has 4 aliphatic heterocycles. The molecule has 77 heavy (non-hydrogen) atoms. The Morgan fingerprint density at radius 3 is 1.21 bits per heavy atom. The average molecular weight is 1020 g/mol. The molecule has 8 nitrogen and oxygen atoms in total. The predicted octanol–water partition coefficient (Wildman–Crippen LogP) is 13.4. The molecule has 0 bridgehead atoms. The highest BCUT2D eigenvalue weighted by Gasteiger charge is 2.41. The van der Waals surface area contributed by atoms with Crippen LogP contribution in [0.1, 0.15) is 50.9 Å². The minimum atomic E-state index is -0.738. The molecule has 384 valence electrons. The quantitative estimate of drug-likeness (QED) is 0.0490. The highest BCUT2D eigenvalue weighted by Crippen LogP contribution is 2.50. The van der Waals surface area contributed by atoms with Gasteiger partial charge in [0, 0.05) is 23.0 Å². The zero-order chi connectivity index (χ0) is 51.4. The summed E-state index contributed by atoms with van der Waals surface area (Å²) in [7, 11) is 0. The first-order chi connectivity index (χ1) is 38.1. The normalized spacial score (nSPS) is 19.6. The molecule has 13 rings (SSSR count). The van der Waals surface area contributed by atoms with Gasteiger partial charge in [-0.2, -0.15) is 0 Å². The van der Waals surface area contributed by atoms with E-state index in [1.807, 2.05) is 0 Å². The molecule has 4 fully saturated rings. The highest BCUT2D eigenvalue weighted by molar-refractivity contribution is 5.75. The number of benzene rings is 9. The lowest BCUT2D eigenvalue weighted by atomic mass is 9.64. The van der Waals surface area contributed by atoms with Crippen LogP contribution in [0.25, 0.3) is 22.3 Å². The van der Waals surface area contributed by atoms with Crippen molar-refractivity contribution in [3.8, 4) is 45.3 Å². The summed E-state index contributed by atoms with van der Waals surface area (Å²) in [4.78, 5) is 0. The topological polar surface area (TPSA) is 83.7 Å². The maximum Gasteiger partial charge on any atom is 0.202 e. The lowest BCUT2D eigenvalue weighted by Crippen LogP contribution is -2.33. The van der Waals surface area contributed by atoms with E-state index < -0.39 is 10.8 Å². The van der Waals surface area contributed by atoms with Crippen LogP contribution in [0.3, 0.4) is 0 Å². The Kier molecular flexibility index (Phi) is 13.6. The van der Waals surface area contributed by atoms with Crippen molar-refractivity contribution in [2.24, 2.45) is 0 Å². The molecule has 0 saturated carbocycles. The third-order valence-corrected chi connectivity index (χ3v) is 15.4. The van der Waals surface area contributed by atoms with Crippen molar-refractivity contribution in [2.45, 2.75) is 48.3 Å². The molecule has 4 heterocycles. The van der Waals surface area contributed by atoms with E-state index in [9.17, 15) is 0 Å². The molecule has 0 radical (unpaired) electrons. The Morgan fingerprint density at radius 1 is 0.377 bits per heavy atom. The summed E-state index contributed by atoms with van der Waals surface area (Å²) in [5.41, 5.74) is 11.8. The molecule has 9 aromatic rings. The van der Waals surface area contributed by atoms with Crippen LogP contribution in [0.5, 0.6) is 23.0 Å². The standard InChI is InChI=1S/C69H60O8/c1-5-13-49(14-6-1)63-39-56(29-35-65(63)75-46-61-44-73-61)68(51-17-9-3-10-18-51,57-30-36-66(76-47-62-45-74-62)64(40-57)50-15-7-2-8-16-50)41-48-21-23-53(24-22-48)69(52-19-11-4-12-20-52,54-25-31-58(32-26-54)71-42-60-43-72-60)55-27-33-59(34-28-55)77-67-37-38-70-67/h1-36,39-40,60-62,67H,37-38,41-47H2. The van der Waals surface area contributed by atoms with Gasteiger partial charge in [0.25, 0.3) is 0 Å². The first kappa shape index (κ1) is 48.6. The van der Waals surface area contributed by atoms with Crippen LogP contribution in [-0.4, -0.2) is 70.9 Å². The van der Waals surface area contributed by atoms with Crippen LogP contribution >= 0.6 is 0 Å². The zero-order valence-electron chi connectivity index (χ0n) is 42.9. The molecule has 5 atom stereocenters. The van der Waals surface area contributed by atoms with Gasteiger partial charge in [0.1, 0.15) is 61.1 Å². The number of hydrogen-bond donors (Lipinski definition) is 0. The Labute approximate surface area is 450 Å². The molecular weight excluding hydrogens is 957 g/mol. The number of ether oxygens (including phenoxy) is 8. The lowest BCUT2D eigenvalue weighted by Gasteiger charge is -2.38. The van der Waals surface area contributed by atoms with Gasteiger partial charge in [-0.3, -0.25) is 0 Å². The maximum atomic E-state index is 6.60. The van der Waals surface area contributed by atoms with E-state index in [0.29, 0.717) is 46.1 Å². The summed E-state index contributed by atoms with van der Waals surface area (Å²) in [5.74, 6) is 3.23. The minimum absolute atomic E-state index is 0.107. The average Bonchev–Trinajstić information content (AvgIpc) is 4.41. The smallest absolute Gasteiger partial charge is 0.202 e. The van der Waals surface area contributed by atoms with Crippen molar-refractivity contribution in [1.82, 2.24) is 0 Å². The maximum absolute atomic E-state index is 6.60. The van der Waals surface area contributed by atoms with E-state index in [0.717, 1.165) is 103 Å². The van der Waals surface area contributed by atoms with Crippen LogP contribution in [0, 0.1) is 0 Å². The first-order valence-electron chi connectivity index (χ1n) is 26.9. The highest BCUT2D eigenvalue weighted by atomic mass is 16.7. The van der Waals surface area contributed by atoms with Gasteiger partial charge in [0.15, 0.2) is 0 Å². The van der Waals surface area contributed by atoms with Gasteiger partial charge < -0.3 is 37.9 Å². The molecule has 4 aliphatic rings. The molecule has 0 aromatic heterocycles. The molecular formula is C69H60O8. The minimum Gasteiger partial charge on any atom is -0.491 e. The van der Waals surface area contributed by atoms with Crippen molar-refractivity contribution >= 4 is 0 Å². The van der Waals surface area contributed by atoms with Gasteiger partial charge in [-0.1, -0.05) is 182 Å². The van der Waals surface area contributed by atoms with Crippen LogP contribution in [0.15, 0.2) is 231 Å². The molecule has 0 N–H and O–H groups in total. The molecule has 0 aliphatic carbocycles. The summed E-state index contributed by atoms with van der Waals surface area (Å²) >= 11 is 0. The van der Waals surface area contributed by atoms with E-state index in [4.69, 9.17) is 37.9 Å². The molecule has 4 saturated heterocycles. The van der Waals surface area contributed by atoms with Crippen molar-refractivity contribution < 1.29 is 37.9 Å². The fourth-order valence-corrected chi connectivity index (χ4v) is 11.0. The Bertz CT molecular complexity index is 3290. The number of epoxide rings is 3. The Hall–Kier alpha value is -7.98. The lowest BCUT2D eigenvalue weighted by molar-refractivity contribution is -0.165. The van der Waals surface area contributed by atoms with Gasteiger partial charge in [-0.15, -0.1) is 0 Å². The van der Waals surface area contributed by atoms with Crippen LogP contribution in [0.4, 0.5) is 0 Å². The van der Waals surface area contributed by atoms with E-state index in [1.165, 1.54) is 0 Å². The second kappa shape index (κ2) is 21.6. The van der Waals surface area contributed by atoms with Gasteiger partial charge in [-0.25, -0.2) is 0 Å². The van der Waals surface area contributed by atoms with Gasteiger partial charge >= 0.3 is 0 Å². The van der Waals surface area contributed by atoms with Crippen LogP contribution in [-0.2, 0) is 36.2 Å². The Morgan fingerprint density at radius 2 is 0.766 bits per heavy atom. The summed E-state index contributed by atoms with van der Waals surface area (Å²) in [6, 6.07) is 83.0. The summed E-state index contributed by atoms with van der Waals surface area (Å²) in [6.45, 7) is 4.41. The first-order valence-corrected chi connectivity index (χ1v) is 26.9. The fourth-order valence-electron chi connectivity index (χ4n) is 11.0. The molecule has 0 amide bonds. The Balaban J connectivity index is 0.983. The molecule has 0 spiro atoms. The van der Waals surface area contributed by atoms with E-state index >= 15 is 0 Å².